The van der Waals surface area contributed by atoms with Gasteiger partial charge in [-0.25, -0.2) is 4.68 Å². The summed E-state index contributed by atoms with van der Waals surface area (Å²) in [5, 5.41) is 9.27. The van der Waals surface area contributed by atoms with E-state index in [-0.39, 0.29) is 5.91 Å². The van der Waals surface area contributed by atoms with Gasteiger partial charge in [0.15, 0.2) is 0 Å². The predicted molar refractivity (Wildman–Crippen MR) is 120 cm³/mol. The third kappa shape index (κ3) is 4.07. The molecule has 4 rings (SSSR count). The molecular weight excluding hydrogens is 442 g/mol. The molecule has 0 fully saturated rings. The lowest BCUT2D eigenvalue weighted by Crippen LogP contribution is -2.26. The van der Waals surface area contributed by atoms with Gasteiger partial charge >= 0.3 is 0 Å². The van der Waals surface area contributed by atoms with Crippen LogP contribution in [0.5, 0.6) is 0 Å². The highest BCUT2D eigenvalue weighted by atomic mass is 79.9. The van der Waals surface area contributed by atoms with Crippen molar-refractivity contribution < 1.29 is 4.79 Å². The number of amides is 1. The second-order valence-electron chi connectivity index (χ2n) is 6.98. The lowest BCUT2D eigenvalue weighted by atomic mass is 10.1. The van der Waals surface area contributed by atoms with E-state index in [4.69, 9.17) is 5.10 Å². The first-order valence-electron chi connectivity index (χ1n) is 9.74. The highest BCUT2D eigenvalue weighted by Crippen LogP contribution is 2.25. The standard InChI is InChI=1S/C23H22BrN5O/c1-3-28-15-20(24)21(25-28)16-27(2)23(30)19-14-29(18-12-8-5-9-13-18)26-22(19)17-10-6-4-7-11-17/h4-15H,3,16H2,1-2H3. The number of aryl methyl sites for hydroxylation is 1. The van der Waals surface area contributed by atoms with Crippen molar-refractivity contribution >= 4 is 21.8 Å². The van der Waals surface area contributed by atoms with E-state index >= 15 is 0 Å². The second kappa shape index (κ2) is 8.67. The van der Waals surface area contributed by atoms with Crippen molar-refractivity contribution in [2.45, 2.75) is 20.0 Å². The quantitative estimate of drug-likeness (QED) is 0.412. The summed E-state index contributed by atoms with van der Waals surface area (Å²) in [6, 6.07) is 19.6. The van der Waals surface area contributed by atoms with Gasteiger partial charge in [-0.3, -0.25) is 9.48 Å². The summed E-state index contributed by atoms with van der Waals surface area (Å²) in [6.07, 6.45) is 3.73. The van der Waals surface area contributed by atoms with Gasteiger partial charge in [0, 0.05) is 31.5 Å². The molecule has 7 heteroatoms. The van der Waals surface area contributed by atoms with Gasteiger partial charge in [-0.05, 0) is 35.0 Å². The Bertz CT molecular complexity index is 1150. The van der Waals surface area contributed by atoms with E-state index in [0.29, 0.717) is 17.8 Å². The van der Waals surface area contributed by atoms with Crippen molar-refractivity contribution in [3.05, 3.63) is 88.8 Å². The summed E-state index contributed by atoms with van der Waals surface area (Å²) < 4.78 is 4.50. The van der Waals surface area contributed by atoms with E-state index in [1.807, 2.05) is 78.5 Å². The van der Waals surface area contributed by atoms with Crippen molar-refractivity contribution in [1.82, 2.24) is 24.5 Å². The number of hydrogen-bond acceptors (Lipinski definition) is 3. The predicted octanol–water partition coefficient (Wildman–Crippen LogP) is 4.79. The van der Waals surface area contributed by atoms with Gasteiger partial charge in [0.05, 0.1) is 28.0 Å². The zero-order valence-corrected chi connectivity index (χ0v) is 18.5. The van der Waals surface area contributed by atoms with E-state index in [1.165, 1.54) is 0 Å². The van der Waals surface area contributed by atoms with Crippen LogP contribution in [0.3, 0.4) is 0 Å². The molecule has 30 heavy (non-hydrogen) atoms. The summed E-state index contributed by atoms with van der Waals surface area (Å²) in [5.41, 5.74) is 3.85. The van der Waals surface area contributed by atoms with Gasteiger partial charge in [-0.2, -0.15) is 10.2 Å². The number of halogens is 1. The Labute approximate surface area is 183 Å². The first-order chi connectivity index (χ1) is 14.6. The molecule has 2 aromatic carbocycles. The van der Waals surface area contributed by atoms with E-state index in [1.54, 1.807) is 22.8 Å². The maximum absolute atomic E-state index is 13.4. The molecular formula is C23H22BrN5O. The van der Waals surface area contributed by atoms with Crippen molar-refractivity contribution in [3.8, 4) is 16.9 Å². The van der Waals surface area contributed by atoms with Gasteiger partial charge in [0.25, 0.3) is 5.91 Å². The van der Waals surface area contributed by atoms with Crippen molar-refractivity contribution in [1.29, 1.82) is 0 Å². The lowest BCUT2D eigenvalue weighted by molar-refractivity contribution is 0.0783. The molecule has 0 saturated carbocycles. The van der Waals surface area contributed by atoms with E-state index in [9.17, 15) is 4.79 Å². The van der Waals surface area contributed by atoms with Gasteiger partial charge in [-0.15, -0.1) is 0 Å². The SMILES string of the molecule is CCn1cc(Br)c(CN(C)C(=O)c2cn(-c3ccccc3)nc2-c2ccccc2)n1. The maximum Gasteiger partial charge on any atom is 0.257 e. The van der Waals surface area contributed by atoms with Crippen LogP contribution in [0, 0.1) is 0 Å². The molecule has 0 aliphatic carbocycles. The summed E-state index contributed by atoms with van der Waals surface area (Å²) in [6.45, 7) is 3.21. The number of aromatic nitrogens is 4. The van der Waals surface area contributed by atoms with E-state index < -0.39 is 0 Å². The van der Waals surface area contributed by atoms with Crippen LogP contribution >= 0.6 is 15.9 Å². The topological polar surface area (TPSA) is 56.0 Å². The molecule has 152 valence electrons. The van der Waals surface area contributed by atoms with Crippen LogP contribution in [-0.2, 0) is 13.1 Å². The fourth-order valence-electron chi connectivity index (χ4n) is 3.26. The third-order valence-corrected chi connectivity index (χ3v) is 5.52. The fourth-order valence-corrected chi connectivity index (χ4v) is 3.70. The minimum atomic E-state index is -0.103. The first-order valence-corrected chi connectivity index (χ1v) is 10.5. The molecule has 0 radical (unpaired) electrons. The van der Waals surface area contributed by atoms with Crippen LogP contribution in [-0.4, -0.2) is 37.4 Å². The second-order valence-corrected chi connectivity index (χ2v) is 7.83. The largest absolute Gasteiger partial charge is 0.336 e. The Hall–Kier alpha value is -3.19. The zero-order valence-electron chi connectivity index (χ0n) is 16.9. The number of carbonyl (C=O) groups excluding carboxylic acids is 1. The Morgan fingerprint density at radius 3 is 2.30 bits per heavy atom. The fraction of sp³-hybridized carbons (Fsp3) is 0.174. The number of carbonyl (C=O) groups is 1. The number of rotatable bonds is 6. The van der Waals surface area contributed by atoms with Gasteiger partial charge in [-0.1, -0.05) is 48.5 Å². The van der Waals surface area contributed by atoms with E-state index in [0.717, 1.165) is 28.0 Å². The van der Waals surface area contributed by atoms with Crippen molar-refractivity contribution in [2.75, 3.05) is 7.05 Å². The van der Waals surface area contributed by atoms with Crippen LogP contribution in [0.1, 0.15) is 23.0 Å². The smallest absolute Gasteiger partial charge is 0.257 e. The Morgan fingerprint density at radius 2 is 1.67 bits per heavy atom. The van der Waals surface area contributed by atoms with Crippen LogP contribution in [0.25, 0.3) is 16.9 Å². The number of para-hydroxylation sites is 1. The molecule has 6 nitrogen and oxygen atoms in total. The van der Waals surface area contributed by atoms with Gasteiger partial charge in [0.2, 0.25) is 0 Å². The Balaban J connectivity index is 1.70. The average molecular weight is 464 g/mol. The highest BCUT2D eigenvalue weighted by Gasteiger charge is 2.23. The third-order valence-electron chi connectivity index (χ3n) is 4.86. The minimum absolute atomic E-state index is 0.103. The molecule has 2 aromatic heterocycles. The molecule has 0 N–H and O–H groups in total. The minimum Gasteiger partial charge on any atom is -0.336 e. The lowest BCUT2D eigenvalue weighted by Gasteiger charge is -2.16. The molecule has 0 atom stereocenters. The monoisotopic (exact) mass is 463 g/mol. The Kier molecular flexibility index (Phi) is 5.81. The van der Waals surface area contributed by atoms with Crippen LogP contribution in [0.2, 0.25) is 0 Å². The molecule has 0 saturated heterocycles. The number of hydrogen-bond donors (Lipinski definition) is 0. The summed E-state index contributed by atoms with van der Waals surface area (Å²) in [7, 11) is 1.79. The molecule has 0 bridgehead atoms. The van der Waals surface area contributed by atoms with Crippen LogP contribution < -0.4 is 0 Å². The molecule has 0 spiro atoms. The average Bonchev–Trinajstić information content (AvgIpc) is 3.38. The molecule has 1 amide bonds. The summed E-state index contributed by atoms with van der Waals surface area (Å²) in [5.74, 6) is -0.103. The molecule has 0 aliphatic heterocycles. The molecule has 0 aliphatic rings. The molecule has 4 aromatic rings. The number of benzene rings is 2. The van der Waals surface area contributed by atoms with Gasteiger partial charge in [0.1, 0.15) is 5.69 Å². The van der Waals surface area contributed by atoms with Crippen LogP contribution in [0.15, 0.2) is 77.5 Å². The summed E-state index contributed by atoms with van der Waals surface area (Å²) in [4.78, 5) is 15.1. The molecule has 2 heterocycles. The molecule has 0 unspecified atom stereocenters. The maximum atomic E-state index is 13.4. The van der Waals surface area contributed by atoms with Crippen LogP contribution in [0.4, 0.5) is 0 Å². The summed E-state index contributed by atoms with van der Waals surface area (Å²) >= 11 is 3.54. The number of nitrogens with zero attached hydrogens (tertiary/aromatic N) is 5. The normalized spacial score (nSPS) is 10.9. The van der Waals surface area contributed by atoms with Crippen molar-refractivity contribution in [3.63, 3.8) is 0 Å². The van der Waals surface area contributed by atoms with Gasteiger partial charge < -0.3 is 4.90 Å². The Morgan fingerprint density at radius 1 is 1.00 bits per heavy atom. The van der Waals surface area contributed by atoms with E-state index in [2.05, 4.69) is 21.0 Å². The zero-order chi connectivity index (χ0) is 21.1. The first kappa shape index (κ1) is 20.1. The highest BCUT2D eigenvalue weighted by molar-refractivity contribution is 9.10. The van der Waals surface area contributed by atoms with Crippen molar-refractivity contribution in [2.24, 2.45) is 0 Å².